The summed E-state index contributed by atoms with van der Waals surface area (Å²) >= 11 is 1.38. The summed E-state index contributed by atoms with van der Waals surface area (Å²) in [5, 5.41) is 4.42. The van der Waals surface area contributed by atoms with Crippen molar-refractivity contribution in [3.05, 3.63) is 52.3 Å². The maximum Gasteiger partial charge on any atom is 0.267 e. The number of carbonyl (C=O) groups is 2. The lowest BCUT2D eigenvalue weighted by Crippen LogP contribution is -2.31. The first kappa shape index (κ1) is 14.2. The van der Waals surface area contributed by atoms with Crippen LogP contribution in [0.4, 0.5) is 0 Å². The maximum atomic E-state index is 11.7. The standard InChI is InChI=1S/C14H15N3O2S/c1-17-7-8-20-14(17)16-13(19)10-15-12(18)9-11-5-3-2-4-6-11/h2-8H,9-10H2,1H3,(H,15,18). The highest BCUT2D eigenvalue weighted by molar-refractivity contribution is 7.07. The molecule has 0 bridgehead atoms. The maximum absolute atomic E-state index is 11.7. The van der Waals surface area contributed by atoms with Crippen molar-refractivity contribution >= 4 is 23.2 Å². The average molecular weight is 289 g/mol. The molecule has 0 spiro atoms. The van der Waals surface area contributed by atoms with Gasteiger partial charge in [-0.3, -0.25) is 9.59 Å². The Hall–Kier alpha value is -2.21. The normalized spacial score (nSPS) is 11.3. The Labute approximate surface area is 120 Å². The minimum atomic E-state index is -0.357. The van der Waals surface area contributed by atoms with Crippen LogP contribution in [-0.4, -0.2) is 22.9 Å². The highest BCUT2D eigenvalue weighted by atomic mass is 32.1. The second-order valence-electron chi connectivity index (χ2n) is 4.24. The van der Waals surface area contributed by atoms with E-state index in [4.69, 9.17) is 0 Å². The monoisotopic (exact) mass is 289 g/mol. The van der Waals surface area contributed by atoms with Crippen LogP contribution in [0.25, 0.3) is 0 Å². The van der Waals surface area contributed by atoms with Crippen LogP contribution in [0.1, 0.15) is 5.56 Å². The van der Waals surface area contributed by atoms with Gasteiger partial charge < -0.3 is 9.88 Å². The number of hydrogen-bond acceptors (Lipinski definition) is 3. The largest absolute Gasteiger partial charge is 0.347 e. The molecule has 1 aromatic heterocycles. The lowest BCUT2D eigenvalue weighted by molar-refractivity contribution is -0.124. The summed E-state index contributed by atoms with van der Waals surface area (Å²) in [5.74, 6) is -0.542. The lowest BCUT2D eigenvalue weighted by Gasteiger charge is -2.02. The van der Waals surface area contributed by atoms with Gasteiger partial charge in [0, 0.05) is 18.6 Å². The zero-order valence-electron chi connectivity index (χ0n) is 11.1. The van der Waals surface area contributed by atoms with E-state index in [1.54, 1.807) is 4.57 Å². The Kier molecular flexibility index (Phi) is 4.84. The third kappa shape index (κ3) is 4.17. The molecule has 0 aliphatic carbocycles. The summed E-state index contributed by atoms with van der Waals surface area (Å²) in [5.41, 5.74) is 0.916. The molecule has 0 saturated carbocycles. The molecule has 1 aromatic carbocycles. The molecule has 0 aliphatic rings. The third-order valence-electron chi connectivity index (χ3n) is 2.62. The third-order valence-corrected chi connectivity index (χ3v) is 3.47. The van der Waals surface area contributed by atoms with Crippen LogP contribution in [-0.2, 0) is 23.1 Å². The first-order valence-corrected chi connectivity index (χ1v) is 7.01. The molecule has 2 aromatic rings. The molecule has 0 fully saturated rings. The van der Waals surface area contributed by atoms with Gasteiger partial charge in [-0.05, 0) is 5.56 Å². The van der Waals surface area contributed by atoms with Crippen LogP contribution in [0.2, 0.25) is 0 Å². The number of nitrogens with zero attached hydrogens (tertiary/aromatic N) is 2. The number of rotatable bonds is 4. The molecule has 1 heterocycles. The van der Waals surface area contributed by atoms with E-state index in [0.717, 1.165) is 5.56 Å². The van der Waals surface area contributed by atoms with Gasteiger partial charge in [-0.2, -0.15) is 4.99 Å². The molecule has 0 radical (unpaired) electrons. The number of amides is 2. The number of aryl methyl sites for hydroxylation is 1. The Bertz CT molecular complexity index is 658. The molecule has 2 amide bonds. The van der Waals surface area contributed by atoms with Crippen molar-refractivity contribution in [3.8, 4) is 0 Å². The zero-order valence-corrected chi connectivity index (χ0v) is 11.9. The number of hydrogen-bond donors (Lipinski definition) is 1. The molecule has 0 unspecified atom stereocenters. The average Bonchev–Trinajstić information content (AvgIpc) is 2.83. The van der Waals surface area contributed by atoms with E-state index in [1.807, 2.05) is 49.0 Å². The molecule has 0 atom stereocenters. The van der Waals surface area contributed by atoms with Crippen LogP contribution >= 0.6 is 11.3 Å². The highest BCUT2D eigenvalue weighted by Crippen LogP contribution is 1.98. The molecule has 0 aliphatic heterocycles. The van der Waals surface area contributed by atoms with Gasteiger partial charge in [-0.25, -0.2) is 0 Å². The first-order chi connectivity index (χ1) is 9.65. The van der Waals surface area contributed by atoms with Gasteiger partial charge >= 0.3 is 0 Å². The lowest BCUT2D eigenvalue weighted by atomic mass is 10.1. The first-order valence-electron chi connectivity index (χ1n) is 6.13. The number of carbonyl (C=O) groups excluding carboxylic acids is 2. The van der Waals surface area contributed by atoms with Gasteiger partial charge in [0.2, 0.25) is 5.91 Å². The number of aromatic nitrogens is 1. The Morgan fingerprint density at radius 1 is 1.30 bits per heavy atom. The Morgan fingerprint density at radius 2 is 2.05 bits per heavy atom. The molecule has 104 valence electrons. The van der Waals surface area contributed by atoms with E-state index in [9.17, 15) is 9.59 Å². The minimum Gasteiger partial charge on any atom is -0.347 e. The van der Waals surface area contributed by atoms with E-state index in [0.29, 0.717) is 4.80 Å². The van der Waals surface area contributed by atoms with Crippen molar-refractivity contribution in [2.75, 3.05) is 6.54 Å². The topological polar surface area (TPSA) is 63.5 Å². The summed E-state index contributed by atoms with van der Waals surface area (Å²) in [4.78, 5) is 27.9. The number of benzene rings is 1. The predicted octanol–water partition coefficient (Wildman–Crippen LogP) is 0.873. The Balaban J connectivity index is 1.85. The fraction of sp³-hybridized carbons (Fsp3) is 0.214. The molecule has 5 nitrogen and oxygen atoms in total. The van der Waals surface area contributed by atoms with E-state index in [-0.39, 0.29) is 24.8 Å². The van der Waals surface area contributed by atoms with E-state index in [2.05, 4.69) is 10.3 Å². The summed E-state index contributed by atoms with van der Waals surface area (Å²) in [6.07, 6.45) is 2.09. The molecule has 1 N–H and O–H groups in total. The van der Waals surface area contributed by atoms with Gasteiger partial charge in [-0.15, -0.1) is 11.3 Å². The van der Waals surface area contributed by atoms with Crippen molar-refractivity contribution in [2.45, 2.75) is 6.42 Å². The van der Waals surface area contributed by atoms with Gasteiger partial charge in [0.25, 0.3) is 5.91 Å². The molecule has 0 saturated heterocycles. The number of nitrogens with one attached hydrogen (secondary N) is 1. The number of thiazole rings is 1. The van der Waals surface area contributed by atoms with Crippen LogP contribution < -0.4 is 10.1 Å². The fourth-order valence-electron chi connectivity index (χ4n) is 1.60. The van der Waals surface area contributed by atoms with Gasteiger partial charge in [0.15, 0.2) is 4.80 Å². The van der Waals surface area contributed by atoms with Crippen molar-refractivity contribution in [1.82, 2.24) is 9.88 Å². The molecular weight excluding hydrogens is 274 g/mol. The van der Waals surface area contributed by atoms with Gasteiger partial charge in [0.1, 0.15) is 0 Å². The van der Waals surface area contributed by atoms with Crippen LogP contribution in [0.3, 0.4) is 0 Å². The zero-order chi connectivity index (χ0) is 14.4. The van der Waals surface area contributed by atoms with Crippen molar-refractivity contribution < 1.29 is 9.59 Å². The summed E-state index contributed by atoms with van der Waals surface area (Å²) in [6, 6.07) is 9.39. The highest BCUT2D eigenvalue weighted by Gasteiger charge is 2.05. The molecular formula is C14H15N3O2S. The van der Waals surface area contributed by atoms with Crippen LogP contribution in [0, 0.1) is 0 Å². The fourth-order valence-corrected chi connectivity index (χ4v) is 2.35. The summed E-state index contributed by atoms with van der Waals surface area (Å²) in [7, 11) is 1.82. The van der Waals surface area contributed by atoms with Gasteiger partial charge in [-0.1, -0.05) is 30.3 Å². The summed E-state index contributed by atoms with van der Waals surface area (Å²) < 4.78 is 1.76. The van der Waals surface area contributed by atoms with Crippen molar-refractivity contribution in [2.24, 2.45) is 12.0 Å². The van der Waals surface area contributed by atoms with Crippen LogP contribution in [0.15, 0.2) is 46.9 Å². The van der Waals surface area contributed by atoms with Crippen LogP contribution in [0.5, 0.6) is 0 Å². The van der Waals surface area contributed by atoms with Crippen molar-refractivity contribution in [3.63, 3.8) is 0 Å². The minimum absolute atomic E-state index is 0.0798. The molecule has 2 rings (SSSR count). The SMILES string of the molecule is Cn1ccsc1=NC(=O)CNC(=O)Cc1ccccc1. The van der Waals surface area contributed by atoms with E-state index < -0.39 is 0 Å². The van der Waals surface area contributed by atoms with E-state index in [1.165, 1.54) is 11.3 Å². The molecule has 20 heavy (non-hydrogen) atoms. The smallest absolute Gasteiger partial charge is 0.267 e. The van der Waals surface area contributed by atoms with Gasteiger partial charge in [0.05, 0.1) is 13.0 Å². The molecule has 6 heteroatoms. The van der Waals surface area contributed by atoms with Crippen molar-refractivity contribution in [1.29, 1.82) is 0 Å². The Morgan fingerprint density at radius 3 is 2.70 bits per heavy atom. The summed E-state index contributed by atoms with van der Waals surface area (Å²) in [6.45, 7) is -0.0798. The second-order valence-corrected chi connectivity index (χ2v) is 5.11. The van der Waals surface area contributed by atoms with E-state index >= 15 is 0 Å². The second kappa shape index (κ2) is 6.81. The predicted molar refractivity (Wildman–Crippen MR) is 77.0 cm³/mol. The quantitative estimate of drug-likeness (QED) is 0.908.